The molecule has 3 nitrogen and oxygen atoms in total. The van der Waals surface area contributed by atoms with Crippen LogP contribution in [0.1, 0.15) is 5.56 Å². The molecule has 0 aliphatic carbocycles. The van der Waals surface area contributed by atoms with Crippen LogP contribution in [0.5, 0.6) is 11.5 Å². The molecular weight excluding hydrogens is 274 g/mol. The lowest BCUT2D eigenvalue weighted by Gasteiger charge is -2.04. The van der Waals surface area contributed by atoms with Crippen molar-refractivity contribution in [3.8, 4) is 11.5 Å². The van der Waals surface area contributed by atoms with Gasteiger partial charge in [-0.1, -0.05) is 23.7 Å². The zero-order chi connectivity index (χ0) is 14.4. The molecule has 0 radical (unpaired) electrons. The molecule has 0 heterocycles. The predicted octanol–water partition coefficient (Wildman–Crippen LogP) is 4.47. The van der Waals surface area contributed by atoms with Crippen LogP contribution in [-0.4, -0.2) is 18.4 Å². The number of methoxy groups -OCH3 is 1. The second kappa shape index (κ2) is 6.78. The van der Waals surface area contributed by atoms with Crippen molar-refractivity contribution in [1.29, 1.82) is 0 Å². The third-order valence-electron chi connectivity index (χ3n) is 2.65. The van der Waals surface area contributed by atoms with Crippen LogP contribution in [0.25, 0.3) is 6.08 Å². The van der Waals surface area contributed by atoms with Gasteiger partial charge in [0.05, 0.1) is 7.11 Å². The maximum Gasteiger partial charge on any atom is 0.141 e. The van der Waals surface area contributed by atoms with Gasteiger partial charge in [0, 0.05) is 16.8 Å². The first kappa shape index (κ1) is 14.2. The van der Waals surface area contributed by atoms with Gasteiger partial charge in [0.15, 0.2) is 0 Å². The summed E-state index contributed by atoms with van der Waals surface area (Å²) < 4.78 is 5.24. The van der Waals surface area contributed by atoms with Gasteiger partial charge in [-0.25, -0.2) is 0 Å². The molecule has 0 saturated carbocycles. The summed E-state index contributed by atoms with van der Waals surface area (Å²) >= 11 is 5.95. The number of para-hydroxylation sites is 2. The summed E-state index contributed by atoms with van der Waals surface area (Å²) in [7, 11) is 1.61. The molecule has 0 amide bonds. The Bertz CT molecular complexity index is 651. The first-order chi connectivity index (χ1) is 9.70. The van der Waals surface area contributed by atoms with Gasteiger partial charge < -0.3 is 9.84 Å². The Morgan fingerprint density at radius 1 is 1.20 bits per heavy atom. The van der Waals surface area contributed by atoms with E-state index >= 15 is 0 Å². The van der Waals surface area contributed by atoms with Gasteiger partial charge in [0.25, 0.3) is 0 Å². The van der Waals surface area contributed by atoms with E-state index in [2.05, 4.69) is 4.99 Å². The molecule has 1 N–H and O–H groups in total. The molecule has 0 aliphatic rings. The van der Waals surface area contributed by atoms with E-state index < -0.39 is 0 Å². The van der Waals surface area contributed by atoms with E-state index in [0.717, 1.165) is 11.3 Å². The van der Waals surface area contributed by atoms with Crippen molar-refractivity contribution in [2.24, 2.45) is 4.99 Å². The van der Waals surface area contributed by atoms with Crippen molar-refractivity contribution in [2.75, 3.05) is 7.11 Å². The van der Waals surface area contributed by atoms with Crippen LogP contribution >= 0.6 is 11.6 Å². The second-order valence-corrected chi connectivity index (χ2v) is 4.45. The van der Waals surface area contributed by atoms with E-state index in [9.17, 15) is 5.11 Å². The highest BCUT2D eigenvalue weighted by molar-refractivity contribution is 6.30. The fourth-order valence-electron chi connectivity index (χ4n) is 1.68. The van der Waals surface area contributed by atoms with Crippen LogP contribution in [0.3, 0.4) is 0 Å². The Balaban J connectivity index is 2.14. The first-order valence-electron chi connectivity index (χ1n) is 6.03. The number of ether oxygens (including phenoxy) is 1. The van der Waals surface area contributed by atoms with E-state index in [-0.39, 0.29) is 5.75 Å². The van der Waals surface area contributed by atoms with Crippen molar-refractivity contribution in [3.63, 3.8) is 0 Å². The van der Waals surface area contributed by atoms with Crippen LogP contribution in [-0.2, 0) is 0 Å². The largest absolute Gasteiger partial charge is 0.506 e. The van der Waals surface area contributed by atoms with Crippen molar-refractivity contribution < 1.29 is 9.84 Å². The minimum atomic E-state index is 0.150. The molecule has 0 bridgehead atoms. The number of aromatic hydroxyl groups is 1. The fraction of sp³-hybridized carbons (Fsp3) is 0.0625. The normalized spacial score (nSPS) is 11.3. The van der Waals surface area contributed by atoms with E-state index in [4.69, 9.17) is 16.3 Å². The number of nitrogens with zero attached hydrogens (tertiary/aromatic N) is 1. The molecule has 0 fully saturated rings. The minimum absolute atomic E-state index is 0.150. The average Bonchev–Trinajstić information content (AvgIpc) is 2.45. The Labute approximate surface area is 122 Å². The third-order valence-corrected chi connectivity index (χ3v) is 2.88. The fourth-order valence-corrected chi connectivity index (χ4v) is 1.86. The average molecular weight is 288 g/mol. The Morgan fingerprint density at radius 2 is 2.00 bits per heavy atom. The second-order valence-electron chi connectivity index (χ2n) is 4.01. The molecule has 2 aromatic rings. The topological polar surface area (TPSA) is 41.8 Å². The quantitative estimate of drug-likeness (QED) is 0.843. The summed E-state index contributed by atoms with van der Waals surface area (Å²) in [4.78, 5) is 4.16. The van der Waals surface area contributed by atoms with Gasteiger partial charge in [-0.3, -0.25) is 4.99 Å². The van der Waals surface area contributed by atoms with Crippen LogP contribution in [0, 0.1) is 0 Å². The van der Waals surface area contributed by atoms with E-state index in [0.29, 0.717) is 10.7 Å². The highest BCUT2D eigenvalue weighted by atomic mass is 35.5. The van der Waals surface area contributed by atoms with Crippen LogP contribution in [0.15, 0.2) is 53.5 Å². The van der Waals surface area contributed by atoms with E-state index in [1.807, 2.05) is 24.3 Å². The highest BCUT2D eigenvalue weighted by Gasteiger charge is 1.99. The smallest absolute Gasteiger partial charge is 0.141 e. The molecule has 0 aromatic heterocycles. The summed E-state index contributed by atoms with van der Waals surface area (Å²) in [6.07, 6.45) is 5.21. The molecule has 0 unspecified atom stereocenters. The highest BCUT2D eigenvalue weighted by Crippen LogP contribution is 2.25. The van der Waals surface area contributed by atoms with Crippen molar-refractivity contribution in [3.05, 3.63) is 59.1 Å². The standard InChI is InChI=1S/C16H14ClNO2/c1-20-16-9-8-13(17)11-12(16)5-4-10-18-14-6-2-3-7-15(14)19/h2-11,19H,1H3/b5-4-,18-10?. The number of hydrogen-bond donors (Lipinski definition) is 1. The van der Waals surface area contributed by atoms with Crippen molar-refractivity contribution >= 4 is 29.6 Å². The summed E-state index contributed by atoms with van der Waals surface area (Å²) in [6, 6.07) is 12.3. The lowest BCUT2D eigenvalue weighted by atomic mass is 10.2. The van der Waals surface area contributed by atoms with Crippen molar-refractivity contribution in [1.82, 2.24) is 0 Å². The molecule has 2 rings (SSSR count). The van der Waals surface area contributed by atoms with Crippen LogP contribution in [0.2, 0.25) is 5.02 Å². The minimum Gasteiger partial charge on any atom is -0.506 e. The molecule has 20 heavy (non-hydrogen) atoms. The van der Waals surface area contributed by atoms with E-state index in [1.54, 1.807) is 43.7 Å². The number of rotatable bonds is 4. The molecule has 0 aliphatic heterocycles. The number of phenolic OH excluding ortho intramolecular Hbond substituents is 1. The third kappa shape index (κ3) is 3.62. The van der Waals surface area contributed by atoms with Gasteiger partial charge >= 0.3 is 0 Å². The Morgan fingerprint density at radius 3 is 2.75 bits per heavy atom. The summed E-state index contributed by atoms with van der Waals surface area (Å²) in [5, 5.41) is 10.2. The predicted molar refractivity (Wildman–Crippen MR) is 83.3 cm³/mol. The monoisotopic (exact) mass is 287 g/mol. The first-order valence-corrected chi connectivity index (χ1v) is 6.41. The SMILES string of the molecule is COc1ccc(Cl)cc1/C=C\C=Nc1ccccc1O. The van der Waals surface area contributed by atoms with Gasteiger partial charge in [0.2, 0.25) is 0 Å². The molecule has 0 saturated heterocycles. The maximum atomic E-state index is 9.57. The Hall–Kier alpha value is -2.26. The molecule has 0 atom stereocenters. The van der Waals surface area contributed by atoms with Crippen LogP contribution in [0.4, 0.5) is 5.69 Å². The van der Waals surface area contributed by atoms with Gasteiger partial charge in [-0.15, -0.1) is 0 Å². The number of allylic oxidation sites excluding steroid dienone is 1. The Kier molecular flexibility index (Phi) is 4.80. The maximum absolute atomic E-state index is 9.57. The molecule has 2 aromatic carbocycles. The number of aliphatic imine (C=N–C) groups is 1. The number of benzene rings is 2. The van der Waals surface area contributed by atoms with Crippen molar-refractivity contribution in [2.45, 2.75) is 0 Å². The summed E-state index contributed by atoms with van der Waals surface area (Å²) in [6.45, 7) is 0. The molecule has 0 spiro atoms. The van der Waals surface area contributed by atoms with Gasteiger partial charge in [-0.2, -0.15) is 0 Å². The zero-order valence-corrected chi connectivity index (χ0v) is 11.7. The number of phenols is 1. The summed E-state index contributed by atoms with van der Waals surface area (Å²) in [5.74, 6) is 0.888. The van der Waals surface area contributed by atoms with Gasteiger partial charge in [0.1, 0.15) is 17.2 Å². The van der Waals surface area contributed by atoms with Crippen LogP contribution < -0.4 is 4.74 Å². The lowest BCUT2D eigenvalue weighted by molar-refractivity contribution is 0.414. The van der Waals surface area contributed by atoms with Gasteiger partial charge in [-0.05, 0) is 42.5 Å². The summed E-state index contributed by atoms with van der Waals surface area (Å²) in [5.41, 5.74) is 1.39. The molecular formula is C16H14ClNO2. The number of hydrogen-bond acceptors (Lipinski definition) is 3. The number of halogens is 1. The zero-order valence-electron chi connectivity index (χ0n) is 11.0. The molecule has 102 valence electrons. The lowest BCUT2D eigenvalue weighted by Crippen LogP contribution is -1.86. The molecule has 4 heteroatoms. The van der Waals surface area contributed by atoms with E-state index in [1.165, 1.54) is 0 Å².